The van der Waals surface area contributed by atoms with Gasteiger partial charge in [-0.1, -0.05) is 12.1 Å². The quantitative estimate of drug-likeness (QED) is 0.677. The maximum atomic E-state index is 13.4. The monoisotopic (exact) mass is 268 g/mol. The smallest absolute Gasteiger partial charge is 0.284 e. The predicted molar refractivity (Wildman–Crippen MR) is 72.5 cm³/mol. The van der Waals surface area contributed by atoms with Crippen LogP contribution in [0.3, 0.4) is 0 Å². The van der Waals surface area contributed by atoms with E-state index in [-0.39, 0.29) is 11.4 Å². The predicted octanol–water partition coefficient (Wildman–Crippen LogP) is 1.88. The van der Waals surface area contributed by atoms with Crippen molar-refractivity contribution in [3.63, 3.8) is 0 Å². The second-order valence-corrected chi connectivity index (χ2v) is 4.59. The van der Waals surface area contributed by atoms with Gasteiger partial charge in [0.2, 0.25) is 0 Å². The third-order valence-corrected chi connectivity index (χ3v) is 3.33. The van der Waals surface area contributed by atoms with Crippen LogP contribution >= 0.6 is 0 Å². The van der Waals surface area contributed by atoms with Gasteiger partial charge in [-0.25, -0.2) is 9.07 Å². The van der Waals surface area contributed by atoms with Gasteiger partial charge in [-0.05, 0) is 18.2 Å². The minimum Gasteiger partial charge on any atom is -0.312 e. The lowest BCUT2D eigenvalue weighted by atomic mass is 10.1. The molecule has 1 aromatic carbocycles. The molecule has 6 heteroatoms. The topological polar surface area (TPSA) is 52.7 Å². The summed E-state index contributed by atoms with van der Waals surface area (Å²) in [5.41, 5.74) is 1.36. The molecule has 4 rings (SSSR count). The molecule has 3 heterocycles. The van der Waals surface area contributed by atoms with Gasteiger partial charge in [-0.2, -0.15) is 10.1 Å². The summed E-state index contributed by atoms with van der Waals surface area (Å²) in [5.74, 6) is -0.361. The second-order valence-electron chi connectivity index (χ2n) is 4.59. The molecule has 0 saturated heterocycles. The highest BCUT2D eigenvalue weighted by molar-refractivity contribution is 5.92. The van der Waals surface area contributed by atoms with Crippen LogP contribution in [0, 0.1) is 5.82 Å². The number of halogens is 1. The van der Waals surface area contributed by atoms with E-state index < -0.39 is 0 Å². The van der Waals surface area contributed by atoms with Crippen LogP contribution in [0.15, 0.2) is 41.5 Å². The van der Waals surface area contributed by atoms with E-state index in [0.29, 0.717) is 28.8 Å². The number of allylic oxidation sites excluding steroid dienone is 1. The Kier molecular flexibility index (Phi) is 2.14. The first kappa shape index (κ1) is 11.1. The molecule has 0 atom stereocenters. The summed E-state index contributed by atoms with van der Waals surface area (Å²) in [4.78, 5) is 15.9. The molecule has 0 aliphatic carbocycles. The van der Waals surface area contributed by atoms with Crippen molar-refractivity contribution in [3.05, 3.63) is 52.8 Å². The zero-order chi connectivity index (χ0) is 13.7. The van der Waals surface area contributed by atoms with Crippen molar-refractivity contribution in [2.45, 2.75) is 6.54 Å². The number of hydrogen-bond donors (Lipinski definition) is 0. The van der Waals surface area contributed by atoms with E-state index >= 15 is 0 Å². The number of nitrogens with zero attached hydrogens (tertiary/aromatic N) is 4. The third kappa shape index (κ3) is 1.45. The van der Waals surface area contributed by atoms with Gasteiger partial charge in [0.15, 0.2) is 5.65 Å². The van der Waals surface area contributed by atoms with Gasteiger partial charge in [0.05, 0.1) is 0 Å². The van der Waals surface area contributed by atoms with Crippen LogP contribution in [0.4, 0.5) is 4.39 Å². The molecule has 20 heavy (non-hydrogen) atoms. The van der Waals surface area contributed by atoms with Crippen LogP contribution in [0.2, 0.25) is 0 Å². The molecule has 0 radical (unpaired) electrons. The summed E-state index contributed by atoms with van der Waals surface area (Å²) >= 11 is 0. The van der Waals surface area contributed by atoms with Gasteiger partial charge < -0.3 is 4.57 Å². The van der Waals surface area contributed by atoms with Crippen LogP contribution < -0.4 is 5.56 Å². The highest BCUT2D eigenvalue weighted by Crippen LogP contribution is 2.27. The summed E-state index contributed by atoms with van der Waals surface area (Å²) < 4.78 is 16.9. The van der Waals surface area contributed by atoms with Crippen molar-refractivity contribution < 1.29 is 4.39 Å². The molecule has 0 bridgehead atoms. The molecule has 0 saturated carbocycles. The van der Waals surface area contributed by atoms with E-state index in [0.717, 1.165) is 0 Å². The van der Waals surface area contributed by atoms with Crippen molar-refractivity contribution in [1.29, 1.82) is 0 Å². The van der Waals surface area contributed by atoms with Crippen LogP contribution in [-0.2, 0) is 6.54 Å². The number of hydrogen-bond acceptors (Lipinski definition) is 3. The summed E-state index contributed by atoms with van der Waals surface area (Å²) in [6, 6.07) is 6.05. The van der Waals surface area contributed by atoms with Gasteiger partial charge in [0, 0.05) is 18.3 Å². The van der Waals surface area contributed by atoms with Crippen molar-refractivity contribution >= 4 is 17.2 Å². The van der Waals surface area contributed by atoms with Crippen molar-refractivity contribution in [2.75, 3.05) is 0 Å². The Labute approximate surface area is 112 Å². The summed E-state index contributed by atoms with van der Waals surface area (Å²) in [6.45, 7) is 0.637. The van der Waals surface area contributed by atoms with Gasteiger partial charge in [0.25, 0.3) is 5.56 Å². The Bertz CT molecular complexity index is 923. The Morgan fingerprint density at radius 3 is 3.05 bits per heavy atom. The van der Waals surface area contributed by atoms with Crippen LogP contribution in [0.1, 0.15) is 0 Å². The maximum absolute atomic E-state index is 13.4. The Morgan fingerprint density at radius 2 is 2.20 bits per heavy atom. The zero-order valence-corrected chi connectivity index (χ0v) is 10.3. The average molecular weight is 268 g/mol. The third-order valence-electron chi connectivity index (χ3n) is 3.33. The van der Waals surface area contributed by atoms with E-state index in [1.165, 1.54) is 18.5 Å². The fourth-order valence-electron chi connectivity index (χ4n) is 2.47. The average Bonchev–Trinajstić information content (AvgIpc) is 2.84. The molecule has 0 amide bonds. The van der Waals surface area contributed by atoms with Crippen LogP contribution in [-0.4, -0.2) is 19.3 Å². The molecule has 0 N–H and O–H groups in total. The lowest BCUT2D eigenvalue weighted by molar-refractivity contribution is 0.628. The summed E-state index contributed by atoms with van der Waals surface area (Å²) in [6.07, 6.45) is 5.22. The summed E-state index contributed by atoms with van der Waals surface area (Å²) in [7, 11) is 0. The second kappa shape index (κ2) is 3.86. The highest BCUT2D eigenvalue weighted by atomic mass is 19.1. The number of rotatable bonds is 1. The first-order valence-corrected chi connectivity index (χ1v) is 6.14. The SMILES string of the molecule is O=c1ncn2c3c1c(-c1cccc(F)c1)nn3C=CC2. The van der Waals surface area contributed by atoms with E-state index in [1.54, 1.807) is 23.0 Å². The fourth-order valence-corrected chi connectivity index (χ4v) is 2.47. The number of benzene rings is 1. The molecule has 2 aromatic heterocycles. The maximum Gasteiger partial charge on any atom is 0.284 e. The molecule has 1 aliphatic rings. The van der Waals surface area contributed by atoms with Crippen LogP contribution in [0.5, 0.6) is 0 Å². The van der Waals surface area contributed by atoms with Gasteiger partial charge in [-0.15, -0.1) is 0 Å². The molecule has 5 nitrogen and oxygen atoms in total. The molecular weight excluding hydrogens is 259 g/mol. The standard InChI is InChI=1S/C14H9FN4O/c15-10-4-1-3-9(7-10)12-11-13(20)16-8-18-5-2-6-19(17-12)14(11)18/h1-4,6-8H,5H2. The first-order valence-electron chi connectivity index (χ1n) is 6.14. The Balaban J connectivity index is 2.14. The van der Waals surface area contributed by atoms with Crippen molar-refractivity contribution in [1.82, 2.24) is 19.3 Å². The van der Waals surface area contributed by atoms with E-state index in [4.69, 9.17) is 0 Å². The van der Waals surface area contributed by atoms with E-state index in [9.17, 15) is 9.18 Å². The molecule has 0 spiro atoms. The zero-order valence-electron chi connectivity index (χ0n) is 10.3. The lowest BCUT2D eigenvalue weighted by Crippen LogP contribution is -2.14. The normalized spacial score (nSPS) is 13.1. The van der Waals surface area contributed by atoms with E-state index in [2.05, 4.69) is 10.1 Å². The molecular formula is C14H9FN4O. The van der Waals surface area contributed by atoms with Gasteiger partial charge >= 0.3 is 0 Å². The Hall–Kier alpha value is -2.76. The van der Waals surface area contributed by atoms with Gasteiger partial charge in [-0.3, -0.25) is 4.79 Å². The number of aromatic nitrogens is 4. The molecule has 1 aliphatic heterocycles. The molecule has 0 fully saturated rings. The van der Waals surface area contributed by atoms with Crippen LogP contribution in [0.25, 0.3) is 28.5 Å². The molecule has 98 valence electrons. The van der Waals surface area contributed by atoms with Crippen molar-refractivity contribution in [2.24, 2.45) is 0 Å². The Morgan fingerprint density at radius 1 is 1.30 bits per heavy atom. The highest BCUT2D eigenvalue weighted by Gasteiger charge is 2.19. The molecule has 0 unspecified atom stereocenters. The first-order chi connectivity index (χ1) is 9.74. The van der Waals surface area contributed by atoms with Gasteiger partial charge in [0.1, 0.15) is 23.2 Å². The van der Waals surface area contributed by atoms with E-state index in [1.807, 2.05) is 10.6 Å². The van der Waals surface area contributed by atoms with Crippen molar-refractivity contribution in [3.8, 4) is 11.3 Å². The minimum absolute atomic E-state index is 0.350. The minimum atomic E-state index is -0.361. The molecule has 3 aromatic rings. The largest absolute Gasteiger partial charge is 0.312 e. The summed E-state index contributed by atoms with van der Waals surface area (Å²) in [5, 5.41) is 4.81. The lowest BCUT2D eigenvalue weighted by Gasteiger charge is -2.09. The fraction of sp³-hybridized carbons (Fsp3) is 0.0714.